The third kappa shape index (κ3) is 2.51. The van der Waals surface area contributed by atoms with Gasteiger partial charge in [-0.2, -0.15) is 0 Å². The Morgan fingerprint density at radius 1 is 1.26 bits per heavy atom. The molecule has 19 heavy (non-hydrogen) atoms. The Balaban J connectivity index is 2.54. The molecule has 1 aliphatic rings. The van der Waals surface area contributed by atoms with Crippen molar-refractivity contribution in [1.29, 1.82) is 0 Å². The zero-order valence-electron chi connectivity index (χ0n) is 12.8. The third-order valence-corrected chi connectivity index (χ3v) is 4.72. The van der Waals surface area contributed by atoms with E-state index in [9.17, 15) is 0 Å². The molecule has 0 unspecified atom stereocenters. The van der Waals surface area contributed by atoms with Gasteiger partial charge in [0.1, 0.15) is 5.75 Å². The molecule has 2 rings (SSSR count). The van der Waals surface area contributed by atoms with Gasteiger partial charge in [0.05, 0.1) is 7.11 Å². The van der Waals surface area contributed by atoms with Crippen molar-refractivity contribution in [3.8, 4) is 5.75 Å². The maximum atomic E-state index is 6.14. The summed E-state index contributed by atoms with van der Waals surface area (Å²) in [4.78, 5) is 0. The van der Waals surface area contributed by atoms with E-state index in [4.69, 9.17) is 10.5 Å². The molecular weight excluding hydrogens is 234 g/mol. The Bertz CT molecular complexity index is 445. The highest BCUT2D eigenvalue weighted by Crippen LogP contribution is 2.44. The molecule has 2 nitrogen and oxygen atoms in total. The van der Waals surface area contributed by atoms with Gasteiger partial charge in [-0.05, 0) is 48.4 Å². The van der Waals surface area contributed by atoms with Gasteiger partial charge < -0.3 is 10.5 Å². The van der Waals surface area contributed by atoms with Crippen molar-refractivity contribution in [3.63, 3.8) is 0 Å². The first-order valence-corrected chi connectivity index (χ1v) is 7.43. The van der Waals surface area contributed by atoms with Crippen LogP contribution in [0.1, 0.15) is 62.1 Å². The molecule has 0 amide bonds. The van der Waals surface area contributed by atoms with Gasteiger partial charge in [0.2, 0.25) is 0 Å². The van der Waals surface area contributed by atoms with Crippen LogP contribution in [0.15, 0.2) is 12.1 Å². The molecule has 1 aromatic rings. The molecule has 1 aliphatic carbocycles. The molecule has 0 aromatic heterocycles. The van der Waals surface area contributed by atoms with Crippen molar-refractivity contribution in [2.75, 3.05) is 13.7 Å². The monoisotopic (exact) mass is 261 g/mol. The lowest BCUT2D eigenvalue weighted by Gasteiger charge is -2.31. The van der Waals surface area contributed by atoms with Crippen LogP contribution in [-0.2, 0) is 5.41 Å². The molecule has 0 aliphatic heterocycles. The lowest BCUT2D eigenvalue weighted by atomic mass is 9.75. The molecule has 2 N–H and O–H groups in total. The summed E-state index contributed by atoms with van der Waals surface area (Å²) >= 11 is 0. The summed E-state index contributed by atoms with van der Waals surface area (Å²) in [5.41, 5.74) is 10.4. The van der Waals surface area contributed by atoms with E-state index >= 15 is 0 Å². The highest BCUT2D eigenvalue weighted by atomic mass is 16.5. The van der Waals surface area contributed by atoms with Crippen LogP contribution in [0.25, 0.3) is 0 Å². The van der Waals surface area contributed by atoms with Crippen LogP contribution >= 0.6 is 0 Å². The molecule has 0 saturated heterocycles. The summed E-state index contributed by atoms with van der Waals surface area (Å²) in [6, 6.07) is 4.55. The molecule has 1 aromatic carbocycles. The van der Waals surface area contributed by atoms with Crippen molar-refractivity contribution < 1.29 is 4.74 Å². The van der Waals surface area contributed by atoms with Crippen LogP contribution in [0, 0.1) is 6.92 Å². The van der Waals surface area contributed by atoms with Crippen LogP contribution in [0.4, 0.5) is 0 Å². The molecule has 0 radical (unpaired) electrons. The third-order valence-electron chi connectivity index (χ3n) is 4.72. The van der Waals surface area contributed by atoms with Gasteiger partial charge in [0, 0.05) is 12.0 Å². The minimum Gasteiger partial charge on any atom is -0.496 e. The van der Waals surface area contributed by atoms with Crippen molar-refractivity contribution in [3.05, 3.63) is 28.8 Å². The number of benzene rings is 1. The molecule has 1 fully saturated rings. The normalized spacial score (nSPS) is 18.0. The summed E-state index contributed by atoms with van der Waals surface area (Å²) in [6.45, 7) is 7.40. The van der Waals surface area contributed by atoms with E-state index in [0.29, 0.717) is 5.92 Å². The summed E-state index contributed by atoms with van der Waals surface area (Å²) in [5.74, 6) is 1.49. The fraction of sp³-hybridized carbons (Fsp3) is 0.647. The number of hydrogen-bond acceptors (Lipinski definition) is 2. The molecule has 1 saturated carbocycles. The van der Waals surface area contributed by atoms with Gasteiger partial charge in [-0.1, -0.05) is 32.8 Å². The molecule has 106 valence electrons. The zero-order valence-corrected chi connectivity index (χ0v) is 12.8. The van der Waals surface area contributed by atoms with Crippen molar-refractivity contribution in [1.82, 2.24) is 0 Å². The van der Waals surface area contributed by atoms with Gasteiger partial charge in [0.15, 0.2) is 0 Å². The zero-order chi connectivity index (χ0) is 14.0. The number of ether oxygens (including phenoxy) is 1. The Hall–Kier alpha value is -1.02. The van der Waals surface area contributed by atoms with E-state index in [0.717, 1.165) is 12.3 Å². The van der Waals surface area contributed by atoms with Gasteiger partial charge in [-0.25, -0.2) is 0 Å². The van der Waals surface area contributed by atoms with E-state index in [1.165, 1.54) is 42.4 Å². The topological polar surface area (TPSA) is 35.2 Å². The Labute approximate surface area is 117 Å². The van der Waals surface area contributed by atoms with Crippen molar-refractivity contribution in [2.45, 2.75) is 57.8 Å². The molecule has 0 spiro atoms. The van der Waals surface area contributed by atoms with Crippen LogP contribution in [-0.4, -0.2) is 13.7 Å². The fourth-order valence-electron chi connectivity index (χ4n) is 3.53. The second-order valence-corrected chi connectivity index (χ2v) is 6.26. The van der Waals surface area contributed by atoms with E-state index in [1.807, 2.05) is 0 Å². The average molecular weight is 261 g/mol. The maximum Gasteiger partial charge on any atom is 0.122 e. The smallest absolute Gasteiger partial charge is 0.122 e. The van der Waals surface area contributed by atoms with Crippen molar-refractivity contribution >= 4 is 0 Å². The Kier molecular flexibility index (Phi) is 4.19. The standard InChI is InChI=1S/C17H27NO/c1-12(2)14-10-15(13(3)9-16(14)19-4)17(11-18)7-5-6-8-17/h9-10,12H,5-8,11,18H2,1-4H3. The number of rotatable bonds is 4. The SMILES string of the molecule is COc1cc(C)c(C2(CN)CCCC2)cc1C(C)C. The second-order valence-electron chi connectivity index (χ2n) is 6.26. The molecule has 2 heteroatoms. The first-order valence-electron chi connectivity index (χ1n) is 7.43. The number of aryl methyl sites for hydroxylation is 1. The Morgan fingerprint density at radius 3 is 2.37 bits per heavy atom. The van der Waals surface area contributed by atoms with E-state index in [-0.39, 0.29) is 5.41 Å². The van der Waals surface area contributed by atoms with Crippen LogP contribution in [0.2, 0.25) is 0 Å². The molecule has 0 bridgehead atoms. The molecular formula is C17H27NO. The van der Waals surface area contributed by atoms with Crippen LogP contribution in [0.5, 0.6) is 5.75 Å². The first-order chi connectivity index (χ1) is 9.04. The highest BCUT2D eigenvalue weighted by molar-refractivity contribution is 5.47. The molecule has 0 atom stereocenters. The minimum absolute atomic E-state index is 0.208. The summed E-state index contributed by atoms with van der Waals surface area (Å²) in [6.07, 6.45) is 5.07. The van der Waals surface area contributed by atoms with E-state index in [2.05, 4.69) is 32.9 Å². The number of methoxy groups -OCH3 is 1. The predicted molar refractivity (Wildman–Crippen MR) is 81.0 cm³/mol. The van der Waals surface area contributed by atoms with Gasteiger partial charge in [-0.15, -0.1) is 0 Å². The number of nitrogens with two attached hydrogens (primary N) is 1. The number of hydrogen-bond donors (Lipinski definition) is 1. The molecule has 0 heterocycles. The average Bonchev–Trinajstić information content (AvgIpc) is 2.87. The summed E-state index contributed by atoms with van der Waals surface area (Å²) in [5, 5.41) is 0. The van der Waals surface area contributed by atoms with Gasteiger partial charge in [0.25, 0.3) is 0 Å². The predicted octanol–water partition coefficient (Wildman–Crippen LogP) is 3.90. The van der Waals surface area contributed by atoms with Crippen molar-refractivity contribution in [2.24, 2.45) is 5.73 Å². The quantitative estimate of drug-likeness (QED) is 0.892. The Morgan fingerprint density at radius 2 is 1.89 bits per heavy atom. The minimum atomic E-state index is 0.208. The lowest BCUT2D eigenvalue weighted by Crippen LogP contribution is -2.33. The van der Waals surface area contributed by atoms with E-state index in [1.54, 1.807) is 7.11 Å². The van der Waals surface area contributed by atoms with Gasteiger partial charge in [-0.3, -0.25) is 0 Å². The summed E-state index contributed by atoms with van der Waals surface area (Å²) < 4.78 is 5.54. The largest absolute Gasteiger partial charge is 0.496 e. The van der Waals surface area contributed by atoms with E-state index < -0.39 is 0 Å². The highest BCUT2D eigenvalue weighted by Gasteiger charge is 2.36. The first kappa shape index (κ1) is 14.4. The fourth-order valence-corrected chi connectivity index (χ4v) is 3.53. The summed E-state index contributed by atoms with van der Waals surface area (Å²) in [7, 11) is 1.76. The second kappa shape index (κ2) is 5.54. The van der Waals surface area contributed by atoms with Crippen LogP contribution < -0.4 is 10.5 Å². The lowest BCUT2D eigenvalue weighted by molar-refractivity contribution is 0.404. The van der Waals surface area contributed by atoms with Crippen LogP contribution in [0.3, 0.4) is 0 Å². The van der Waals surface area contributed by atoms with Gasteiger partial charge >= 0.3 is 0 Å². The maximum absolute atomic E-state index is 6.14.